The Hall–Kier alpha value is -1.47. The SMILES string of the molecule is Cc1nc(CC2CCOC3(CCN(C(=O)CC4CCN(C(C)C)CC4)CC3)C2)no1. The van der Waals surface area contributed by atoms with Gasteiger partial charge in [0, 0.05) is 45.5 Å². The maximum atomic E-state index is 12.9. The number of nitrogens with zero attached hydrogens (tertiary/aromatic N) is 4. The van der Waals surface area contributed by atoms with Gasteiger partial charge in [-0.3, -0.25) is 4.79 Å². The molecule has 168 valence electrons. The second kappa shape index (κ2) is 9.35. The molecule has 3 aliphatic rings. The minimum absolute atomic E-state index is 0.0684. The van der Waals surface area contributed by atoms with Crippen LogP contribution in [0.25, 0.3) is 0 Å². The van der Waals surface area contributed by atoms with Gasteiger partial charge >= 0.3 is 0 Å². The third kappa shape index (κ3) is 5.22. The predicted molar refractivity (Wildman–Crippen MR) is 114 cm³/mol. The van der Waals surface area contributed by atoms with Gasteiger partial charge in [-0.05, 0) is 77.3 Å². The number of aromatic nitrogens is 2. The average molecular weight is 419 g/mol. The number of carbonyl (C=O) groups is 1. The van der Waals surface area contributed by atoms with E-state index in [1.54, 1.807) is 0 Å². The molecule has 7 nitrogen and oxygen atoms in total. The van der Waals surface area contributed by atoms with Crippen molar-refractivity contribution in [2.75, 3.05) is 32.8 Å². The van der Waals surface area contributed by atoms with Crippen LogP contribution in [0.3, 0.4) is 0 Å². The highest BCUT2D eigenvalue weighted by Gasteiger charge is 2.41. The van der Waals surface area contributed by atoms with E-state index in [1.807, 2.05) is 6.92 Å². The lowest BCUT2D eigenvalue weighted by molar-refractivity contribution is -0.148. The van der Waals surface area contributed by atoms with Crippen molar-refractivity contribution in [2.45, 2.75) is 83.8 Å². The molecule has 4 rings (SSSR count). The lowest BCUT2D eigenvalue weighted by atomic mass is 9.78. The van der Waals surface area contributed by atoms with Gasteiger partial charge in [0.25, 0.3) is 0 Å². The van der Waals surface area contributed by atoms with Gasteiger partial charge in [0.1, 0.15) is 0 Å². The summed E-state index contributed by atoms with van der Waals surface area (Å²) in [5, 5.41) is 4.07. The average Bonchev–Trinajstić information content (AvgIpc) is 3.13. The van der Waals surface area contributed by atoms with Crippen LogP contribution in [0.5, 0.6) is 0 Å². The van der Waals surface area contributed by atoms with E-state index in [0.717, 1.165) is 90.0 Å². The molecule has 0 bridgehead atoms. The van der Waals surface area contributed by atoms with Crippen molar-refractivity contribution < 1.29 is 14.1 Å². The van der Waals surface area contributed by atoms with Gasteiger partial charge in [-0.1, -0.05) is 5.16 Å². The predicted octanol–water partition coefficient (Wildman–Crippen LogP) is 3.22. The Morgan fingerprint density at radius 1 is 1.13 bits per heavy atom. The maximum absolute atomic E-state index is 12.9. The zero-order valence-corrected chi connectivity index (χ0v) is 18.9. The highest BCUT2D eigenvalue weighted by molar-refractivity contribution is 5.76. The molecular weight excluding hydrogens is 380 g/mol. The first kappa shape index (κ1) is 21.8. The van der Waals surface area contributed by atoms with Gasteiger partial charge in [-0.25, -0.2) is 0 Å². The number of ether oxygens (including phenoxy) is 1. The number of likely N-dealkylation sites (tertiary alicyclic amines) is 2. The van der Waals surface area contributed by atoms with E-state index in [0.29, 0.717) is 29.7 Å². The molecule has 1 amide bonds. The summed E-state index contributed by atoms with van der Waals surface area (Å²) >= 11 is 0. The molecule has 30 heavy (non-hydrogen) atoms. The van der Waals surface area contributed by atoms with E-state index < -0.39 is 0 Å². The summed E-state index contributed by atoms with van der Waals surface area (Å²) in [6, 6.07) is 0.614. The zero-order chi connectivity index (χ0) is 21.1. The number of hydrogen-bond donors (Lipinski definition) is 0. The first-order valence-corrected chi connectivity index (χ1v) is 11.9. The molecule has 0 aliphatic carbocycles. The Morgan fingerprint density at radius 3 is 2.50 bits per heavy atom. The van der Waals surface area contributed by atoms with Crippen molar-refractivity contribution >= 4 is 5.91 Å². The molecule has 0 N–H and O–H groups in total. The maximum Gasteiger partial charge on any atom is 0.223 e. The van der Waals surface area contributed by atoms with Gasteiger partial charge < -0.3 is 19.1 Å². The summed E-state index contributed by atoms with van der Waals surface area (Å²) in [6.45, 7) is 11.1. The molecule has 1 unspecified atom stereocenters. The van der Waals surface area contributed by atoms with Crippen molar-refractivity contribution in [1.82, 2.24) is 19.9 Å². The van der Waals surface area contributed by atoms with Gasteiger partial charge in [-0.2, -0.15) is 4.98 Å². The van der Waals surface area contributed by atoms with Crippen LogP contribution in [0, 0.1) is 18.8 Å². The molecule has 3 aliphatic heterocycles. The van der Waals surface area contributed by atoms with E-state index in [-0.39, 0.29) is 5.60 Å². The molecule has 1 aromatic rings. The molecular formula is C23H38N4O3. The van der Waals surface area contributed by atoms with Crippen molar-refractivity contribution in [1.29, 1.82) is 0 Å². The number of amides is 1. The van der Waals surface area contributed by atoms with Crippen LogP contribution >= 0.6 is 0 Å². The summed E-state index contributed by atoms with van der Waals surface area (Å²) in [7, 11) is 0. The molecule has 7 heteroatoms. The van der Waals surface area contributed by atoms with E-state index in [2.05, 4.69) is 33.8 Å². The molecule has 1 aromatic heterocycles. The van der Waals surface area contributed by atoms with Crippen LogP contribution in [-0.4, -0.2) is 70.3 Å². The summed E-state index contributed by atoms with van der Waals surface area (Å²) < 4.78 is 11.4. The monoisotopic (exact) mass is 418 g/mol. The normalized spacial score (nSPS) is 25.9. The lowest BCUT2D eigenvalue weighted by Crippen LogP contribution is -2.51. The molecule has 0 aromatic carbocycles. The van der Waals surface area contributed by atoms with Crippen molar-refractivity contribution in [3.63, 3.8) is 0 Å². The molecule has 0 saturated carbocycles. The molecule has 4 heterocycles. The highest BCUT2D eigenvalue weighted by Crippen LogP contribution is 2.39. The standard InChI is InChI=1S/C23H38N4O3/c1-17(2)26-9-4-19(5-10-26)15-22(28)27-11-7-23(8-12-27)16-20(6-13-29-23)14-21-24-18(3)30-25-21/h17,19-20H,4-16H2,1-3H3. The fraction of sp³-hybridized carbons (Fsp3) is 0.870. The van der Waals surface area contributed by atoms with Gasteiger partial charge in [0.05, 0.1) is 5.60 Å². The fourth-order valence-corrected chi connectivity index (χ4v) is 5.55. The molecule has 1 spiro atoms. The van der Waals surface area contributed by atoms with Crippen LogP contribution in [0.4, 0.5) is 0 Å². The molecule has 3 fully saturated rings. The van der Waals surface area contributed by atoms with Crippen LogP contribution in [0.15, 0.2) is 4.52 Å². The molecule has 3 saturated heterocycles. The first-order valence-electron chi connectivity index (χ1n) is 11.9. The Balaban J connectivity index is 1.23. The van der Waals surface area contributed by atoms with Crippen LogP contribution in [0.2, 0.25) is 0 Å². The van der Waals surface area contributed by atoms with Crippen LogP contribution < -0.4 is 0 Å². The van der Waals surface area contributed by atoms with Gasteiger partial charge in [-0.15, -0.1) is 0 Å². The van der Waals surface area contributed by atoms with Gasteiger partial charge in [0.2, 0.25) is 11.8 Å². The summed E-state index contributed by atoms with van der Waals surface area (Å²) in [5.41, 5.74) is -0.0684. The first-order chi connectivity index (χ1) is 14.4. The Morgan fingerprint density at radius 2 is 1.87 bits per heavy atom. The van der Waals surface area contributed by atoms with Crippen LogP contribution in [-0.2, 0) is 16.0 Å². The second-order valence-corrected chi connectivity index (χ2v) is 9.98. The van der Waals surface area contributed by atoms with E-state index in [4.69, 9.17) is 9.26 Å². The number of carbonyl (C=O) groups excluding carboxylic acids is 1. The third-order valence-electron chi connectivity index (χ3n) is 7.51. The minimum atomic E-state index is -0.0684. The highest BCUT2D eigenvalue weighted by atomic mass is 16.5. The van der Waals surface area contributed by atoms with E-state index >= 15 is 0 Å². The van der Waals surface area contributed by atoms with Gasteiger partial charge in [0.15, 0.2) is 5.82 Å². The number of hydrogen-bond acceptors (Lipinski definition) is 6. The number of rotatable bonds is 5. The van der Waals surface area contributed by atoms with E-state index in [1.165, 1.54) is 0 Å². The number of piperidine rings is 2. The van der Waals surface area contributed by atoms with Crippen LogP contribution in [0.1, 0.15) is 70.5 Å². The summed E-state index contributed by atoms with van der Waals surface area (Å²) in [5.74, 6) is 2.88. The zero-order valence-electron chi connectivity index (χ0n) is 18.9. The third-order valence-corrected chi connectivity index (χ3v) is 7.51. The largest absolute Gasteiger partial charge is 0.375 e. The lowest BCUT2D eigenvalue weighted by Gasteiger charge is -2.46. The molecule has 0 radical (unpaired) electrons. The Labute approximate surface area is 180 Å². The second-order valence-electron chi connectivity index (χ2n) is 9.98. The van der Waals surface area contributed by atoms with E-state index in [9.17, 15) is 4.79 Å². The molecule has 1 atom stereocenters. The van der Waals surface area contributed by atoms with Crippen molar-refractivity contribution in [3.05, 3.63) is 11.7 Å². The number of aryl methyl sites for hydroxylation is 1. The Kier molecular flexibility index (Phi) is 6.78. The fourth-order valence-electron chi connectivity index (χ4n) is 5.55. The smallest absolute Gasteiger partial charge is 0.223 e. The van der Waals surface area contributed by atoms with Crippen molar-refractivity contribution in [3.8, 4) is 0 Å². The minimum Gasteiger partial charge on any atom is -0.375 e. The van der Waals surface area contributed by atoms with Crippen molar-refractivity contribution in [2.24, 2.45) is 11.8 Å². The summed E-state index contributed by atoms with van der Waals surface area (Å²) in [6.07, 6.45) is 7.88. The Bertz CT molecular complexity index is 703. The topological polar surface area (TPSA) is 71.7 Å². The quantitative estimate of drug-likeness (QED) is 0.731. The summed E-state index contributed by atoms with van der Waals surface area (Å²) in [4.78, 5) is 21.9.